The number of rotatable bonds is 4. The summed E-state index contributed by atoms with van der Waals surface area (Å²) in [6.07, 6.45) is 3.61. The minimum absolute atomic E-state index is 0.222. The van der Waals surface area contributed by atoms with Crippen LogP contribution in [-0.4, -0.2) is 16.1 Å². The van der Waals surface area contributed by atoms with Crippen molar-refractivity contribution in [3.63, 3.8) is 0 Å². The van der Waals surface area contributed by atoms with Crippen LogP contribution in [0, 0.1) is 15.3 Å². The first-order valence-electron chi connectivity index (χ1n) is 5.80. The van der Waals surface area contributed by atoms with E-state index in [4.69, 9.17) is 0 Å². The topological polar surface area (TPSA) is 29.9 Å². The van der Waals surface area contributed by atoms with Gasteiger partial charge in [0.1, 0.15) is 5.82 Å². The number of hydrogen-bond acceptors (Lipinski definition) is 2. The van der Waals surface area contributed by atoms with Crippen LogP contribution in [-0.2, 0) is 0 Å². The molecule has 1 aromatic carbocycles. The number of halogens is 2. The molecule has 0 aliphatic rings. The lowest BCUT2D eigenvalue weighted by Crippen LogP contribution is -2.12. The second-order valence-electron chi connectivity index (χ2n) is 4.49. The molecule has 0 fully saturated rings. The molecule has 0 bridgehead atoms. The third-order valence-corrected chi connectivity index (χ3v) is 3.34. The molecule has 96 valence electrons. The molecule has 1 heterocycles. The molecule has 0 unspecified atom stereocenters. The van der Waals surface area contributed by atoms with Crippen molar-refractivity contribution in [2.24, 2.45) is 5.92 Å². The number of anilines is 1. The van der Waals surface area contributed by atoms with Crippen molar-refractivity contribution >= 4 is 28.5 Å². The van der Waals surface area contributed by atoms with Crippen LogP contribution in [0.3, 0.4) is 0 Å². The Morgan fingerprint density at radius 3 is 2.89 bits per heavy atom. The number of imidazole rings is 1. The van der Waals surface area contributed by atoms with E-state index < -0.39 is 0 Å². The second kappa shape index (κ2) is 5.69. The number of hydrogen-bond donors (Lipinski definition) is 1. The molecule has 18 heavy (non-hydrogen) atoms. The van der Waals surface area contributed by atoms with Gasteiger partial charge in [-0.25, -0.2) is 9.37 Å². The van der Waals surface area contributed by atoms with Crippen LogP contribution in [0.2, 0.25) is 0 Å². The monoisotopic (exact) mass is 359 g/mol. The maximum atomic E-state index is 13.1. The Balaban J connectivity index is 2.30. The Morgan fingerprint density at radius 1 is 1.44 bits per heavy atom. The summed E-state index contributed by atoms with van der Waals surface area (Å²) in [5.74, 6) is 1.11. The molecule has 1 N–H and O–H groups in total. The molecule has 0 aliphatic heterocycles. The van der Waals surface area contributed by atoms with Gasteiger partial charge in [0.15, 0.2) is 0 Å². The fraction of sp³-hybridized carbons (Fsp3) is 0.308. The van der Waals surface area contributed by atoms with E-state index in [-0.39, 0.29) is 5.82 Å². The Labute approximate surface area is 120 Å². The van der Waals surface area contributed by atoms with Crippen molar-refractivity contribution in [3.05, 3.63) is 40.0 Å². The minimum Gasteiger partial charge on any atom is -0.355 e. The predicted molar refractivity (Wildman–Crippen MR) is 79.6 cm³/mol. The zero-order valence-electron chi connectivity index (χ0n) is 10.3. The molecule has 2 rings (SSSR count). The zero-order valence-corrected chi connectivity index (χ0v) is 12.5. The highest BCUT2D eigenvalue weighted by Crippen LogP contribution is 2.21. The highest BCUT2D eigenvalue weighted by Gasteiger charge is 2.08. The first-order valence-corrected chi connectivity index (χ1v) is 6.88. The Hall–Kier alpha value is -1.11. The molecule has 2 aromatic rings. The maximum absolute atomic E-state index is 13.1. The van der Waals surface area contributed by atoms with E-state index in [1.54, 1.807) is 12.3 Å². The number of nitrogens with zero attached hydrogens (tertiary/aromatic N) is 2. The van der Waals surface area contributed by atoms with Gasteiger partial charge in [0, 0.05) is 22.5 Å². The van der Waals surface area contributed by atoms with Gasteiger partial charge in [-0.2, -0.15) is 0 Å². The van der Waals surface area contributed by atoms with Crippen LogP contribution < -0.4 is 5.32 Å². The van der Waals surface area contributed by atoms with E-state index in [0.29, 0.717) is 5.92 Å². The average Bonchev–Trinajstić information content (AvgIpc) is 2.74. The minimum atomic E-state index is -0.222. The standard InChI is InChI=1S/C13H15FIN3/c1-9(2)8-17-13-16-5-6-18(13)12-4-3-10(14)7-11(12)15/h3-7,9H,8H2,1-2H3,(H,16,17). The summed E-state index contributed by atoms with van der Waals surface area (Å²) < 4.78 is 15.9. The summed E-state index contributed by atoms with van der Waals surface area (Å²) in [5, 5.41) is 3.29. The van der Waals surface area contributed by atoms with Gasteiger partial charge < -0.3 is 5.32 Å². The van der Waals surface area contributed by atoms with Crippen molar-refractivity contribution < 1.29 is 4.39 Å². The fourth-order valence-corrected chi connectivity index (χ4v) is 2.34. The lowest BCUT2D eigenvalue weighted by atomic mass is 10.2. The molecule has 0 saturated carbocycles. The summed E-state index contributed by atoms with van der Waals surface area (Å²) in [6, 6.07) is 4.74. The molecule has 3 nitrogen and oxygen atoms in total. The van der Waals surface area contributed by atoms with E-state index in [1.807, 2.05) is 10.8 Å². The van der Waals surface area contributed by atoms with Gasteiger partial charge in [0.25, 0.3) is 0 Å². The van der Waals surface area contributed by atoms with Crippen LogP contribution in [0.4, 0.5) is 10.3 Å². The number of benzene rings is 1. The van der Waals surface area contributed by atoms with Gasteiger partial charge in [0.05, 0.1) is 5.69 Å². The molecule has 0 amide bonds. The molecule has 0 atom stereocenters. The molecule has 0 radical (unpaired) electrons. The van der Waals surface area contributed by atoms with E-state index in [9.17, 15) is 4.39 Å². The smallest absolute Gasteiger partial charge is 0.207 e. The SMILES string of the molecule is CC(C)CNc1nccn1-c1ccc(F)cc1I. The first kappa shape index (κ1) is 13.3. The molecule has 1 aromatic heterocycles. The third kappa shape index (κ3) is 3.01. The van der Waals surface area contributed by atoms with Crippen LogP contribution in [0.15, 0.2) is 30.6 Å². The highest BCUT2D eigenvalue weighted by molar-refractivity contribution is 14.1. The van der Waals surface area contributed by atoms with Crippen molar-refractivity contribution in [2.45, 2.75) is 13.8 Å². The third-order valence-electron chi connectivity index (χ3n) is 2.48. The fourth-order valence-electron chi connectivity index (χ4n) is 1.60. The summed E-state index contributed by atoms with van der Waals surface area (Å²) in [4.78, 5) is 4.28. The van der Waals surface area contributed by atoms with Crippen LogP contribution in [0.1, 0.15) is 13.8 Å². The van der Waals surface area contributed by atoms with E-state index in [0.717, 1.165) is 21.8 Å². The predicted octanol–water partition coefficient (Wildman–Crippen LogP) is 3.68. The normalized spacial score (nSPS) is 10.9. The average molecular weight is 359 g/mol. The molecular formula is C13H15FIN3. The van der Waals surface area contributed by atoms with Gasteiger partial charge in [0.2, 0.25) is 5.95 Å². The van der Waals surface area contributed by atoms with Gasteiger partial charge in [-0.05, 0) is 46.7 Å². The lowest BCUT2D eigenvalue weighted by molar-refractivity contribution is 0.626. The van der Waals surface area contributed by atoms with Crippen molar-refractivity contribution in [1.82, 2.24) is 9.55 Å². The van der Waals surface area contributed by atoms with Gasteiger partial charge in [-0.3, -0.25) is 4.57 Å². The first-order chi connectivity index (χ1) is 8.58. The Kier molecular flexibility index (Phi) is 4.21. The van der Waals surface area contributed by atoms with E-state index in [2.05, 4.69) is 46.7 Å². The van der Waals surface area contributed by atoms with Crippen LogP contribution in [0.25, 0.3) is 5.69 Å². The van der Waals surface area contributed by atoms with E-state index in [1.165, 1.54) is 12.1 Å². The van der Waals surface area contributed by atoms with Gasteiger partial charge in [-0.15, -0.1) is 0 Å². The van der Waals surface area contributed by atoms with Crippen molar-refractivity contribution in [1.29, 1.82) is 0 Å². The van der Waals surface area contributed by atoms with Gasteiger partial charge in [-0.1, -0.05) is 13.8 Å². The summed E-state index contributed by atoms with van der Waals surface area (Å²) in [5.41, 5.74) is 0.931. The van der Waals surface area contributed by atoms with Crippen LogP contribution in [0.5, 0.6) is 0 Å². The number of aromatic nitrogens is 2. The van der Waals surface area contributed by atoms with Crippen molar-refractivity contribution in [3.8, 4) is 5.69 Å². The molecule has 0 spiro atoms. The number of nitrogens with one attached hydrogen (secondary N) is 1. The largest absolute Gasteiger partial charge is 0.355 e. The van der Waals surface area contributed by atoms with Gasteiger partial charge >= 0.3 is 0 Å². The zero-order chi connectivity index (χ0) is 13.1. The lowest BCUT2D eigenvalue weighted by Gasteiger charge is -2.12. The Morgan fingerprint density at radius 2 is 2.22 bits per heavy atom. The molecule has 5 heteroatoms. The van der Waals surface area contributed by atoms with E-state index >= 15 is 0 Å². The second-order valence-corrected chi connectivity index (χ2v) is 5.65. The summed E-state index contributed by atoms with van der Waals surface area (Å²) in [7, 11) is 0. The molecular weight excluding hydrogens is 344 g/mol. The Bertz CT molecular complexity index is 537. The van der Waals surface area contributed by atoms with Crippen LogP contribution >= 0.6 is 22.6 Å². The maximum Gasteiger partial charge on any atom is 0.207 e. The molecule has 0 aliphatic carbocycles. The van der Waals surface area contributed by atoms with Crippen molar-refractivity contribution in [2.75, 3.05) is 11.9 Å². The summed E-state index contributed by atoms with van der Waals surface area (Å²) >= 11 is 2.13. The summed E-state index contributed by atoms with van der Waals surface area (Å²) in [6.45, 7) is 5.14. The quantitative estimate of drug-likeness (QED) is 0.844. The molecule has 0 saturated heterocycles. The highest BCUT2D eigenvalue weighted by atomic mass is 127.